The predicted molar refractivity (Wildman–Crippen MR) is 242 cm³/mol. The van der Waals surface area contributed by atoms with Gasteiger partial charge in [0.05, 0.1) is 13.7 Å². The van der Waals surface area contributed by atoms with Crippen molar-refractivity contribution in [2.24, 2.45) is 11.8 Å². The molecule has 3 N–H and O–H groups in total. The number of unbranched alkanes of at least 4 members (excludes halogenated alkanes) is 2. The first-order valence-corrected chi connectivity index (χ1v) is 22.3. The Morgan fingerprint density at radius 1 is 0.952 bits per heavy atom. The summed E-state index contributed by atoms with van der Waals surface area (Å²) in [4.78, 5) is 82.2. The Kier molecular flexibility index (Phi) is 19.3. The first kappa shape index (κ1) is 50.1. The first-order chi connectivity index (χ1) is 30.0. The largest absolute Gasteiger partial charge is 0.496 e. The van der Waals surface area contributed by atoms with E-state index in [2.05, 4.69) is 41.8 Å². The molecule has 342 valence electrons. The van der Waals surface area contributed by atoms with Crippen molar-refractivity contribution in [1.29, 1.82) is 0 Å². The SMILES string of the molecule is CCCCc1ccc(-c2ccc(C(=O)C[C@@H](CCCCNC(=O)OC(C)(C)C)C(=O)N(C)[C@@H]3C(=O)C[C@@H](C)C(=O)N[C@H](C(=O)O)COCCCCc4cc3ccc4OC)cc2)cc1. The van der Waals surface area contributed by atoms with Crippen LogP contribution in [0.5, 0.6) is 5.75 Å². The lowest BCUT2D eigenvalue weighted by Gasteiger charge is -2.32. The lowest BCUT2D eigenvalue weighted by Crippen LogP contribution is -2.47. The molecule has 1 aliphatic heterocycles. The summed E-state index contributed by atoms with van der Waals surface area (Å²) in [5, 5.41) is 15.0. The molecule has 0 aliphatic carbocycles. The Balaban J connectivity index is 1.63. The van der Waals surface area contributed by atoms with Crippen molar-refractivity contribution in [2.75, 3.05) is 33.9 Å². The number of aryl methyl sites for hydroxylation is 2. The van der Waals surface area contributed by atoms with Gasteiger partial charge in [-0.05, 0) is 106 Å². The Hall–Kier alpha value is -5.56. The van der Waals surface area contributed by atoms with Crippen molar-refractivity contribution in [1.82, 2.24) is 15.5 Å². The van der Waals surface area contributed by atoms with Gasteiger partial charge in [-0.3, -0.25) is 19.2 Å². The summed E-state index contributed by atoms with van der Waals surface area (Å²) in [6, 6.07) is 18.7. The molecule has 3 aromatic carbocycles. The number of nitrogens with one attached hydrogen (secondary N) is 2. The number of Topliss-reactive ketones (excluding diaryl/α,β-unsaturated/α-hetero) is 2. The second-order valence-corrected chi connectivity index (χ2v) is 17.6. The van der Waals surface area contributed by atoms with Crippen molar-refractivity contribution in [3.63, 3.8) is 0 Å². The molecule has 3 aromatic rings. The van der Waals surface area contributed by atoms with Gasteiger partial charge in [0.2, 0.25) is 11.8 Å². The van der Waals surface area contributed by atoms with E-state index in [1.807, 2.05) is 18.2 Å². The number of benzene rings is 3. The van der Waals surface area contributed by atoms with Gasteiger partial charge in [0.15, 0.2) is 17.6 Å². The highest BCUT2D eigenvalue weighted by atomic mass is 16.6. The average molecular weight is 870 g/mol. The lowest BCUT2D eigenvalue weighted by atomic mass is 9.88. The zero-order chi connectivity index (χ0) is 46.1. The Labute approximate surface area is 372 Å². The van der Waals surface area contributed by atoms with Crippen LogP contribution in [0.25, 0.3) is 11.1 Å². The lowest BCUT2D eigenvalue weighted by molar-refractivity contribution is -0.145. The number of amides is 3. The minimum atomic E-state index is -1.30. The molecule has 63 heavy (non-hydrogen) atoms. The van der Waals surface area contributed by atoms with Crippen LogP contribution in [0.4, 0.5) is 4.79 Å². The molecular weight excluding hydrogens is 803 g/mol. The van der Waals surface area contributed by atoms with Crippen molar-refractivity contribution in [3.8, 4) is 16.9 Å². The number of alkyl carbamates (subject to hydrolysis) is 1. The zero-order valence-corrected chi connectivity index (χ0v) is 38.1. The van der Waals surface area contributed by atoms with Crippen LogP contribution in [0.15, 0.2) is 66.7 Å². The fourth-order valence-corrected chi connectivity index (χ4v) is 7.69. The maximum absolute atomic E-state index is 14.8. The number of methoxy groups -OCH3 is 1. The highest BCUT2D eigenvalue weighted by molar-refractivity contribution is 6.00. The molecule has 4 atom stereocenters. The molecule has 0 spiro atoms. The molecule has 0 saturated carbocycles. The molecule has 1 heterocycles. The van der Waals surface area contributed by atoms with Gasteiger partial charge in [0, 0.05) is 50.4 Å². The molecule has 4 rings (SSSR count). The standard InChI is InChI=1S/C50H67N3O10/c1-8-9-14-34-17-19-35(20-18-34)36-21-23-37(24-22-36)42(54)31-40(16-10-12-27-51-49(60)63-50(3,4)5)47(57)53(6)45-39-25-26-44(61-7)38(30-39)15-11-13-28-62-32-41(48(58)59)52-46(56)33(2)29-43(45)55/h17-26,30,33,40-41,45H,8-16,27-29,31-32H2,1-7H3,(H,51,60)(H,52,56)(H,58,59)/t33-,40-,41+,45+/m1/s1. The monoisotopic (exact) mass is 869 g/mol. The van der Waals surface area contributed by atoms with E-state index in [4.69, 9.17) is 14.2 Å². The smallest absolute Gasteiger partial charge is 0.407 e. The fourth-order valence-electron chi connectivity index (χ4n) is 7.69. The molecule has 0 saturated heterocycles. The summed E-state index contributed by atoms with van der Waals surface area (Å²) < 4.78 is 16.6. The van der Waals surface area contributed by atoms with E-state index < -0.39 is 59.2 Å². The van der Waals surface area contributed by atoms with Crippen LogP contribution in [-0.2, 0) is 41.5 Å². The number of likely N-dealkylation sites (N-methyl/N-ethyl adjacent to an activating group) is 1. The van der Waals surface area contributed by atoms with Crippen LogP contribution >= 0.6 is 0 Å². The van der Waals surface area contributed by atoms with Crippen LogP contribution in [0.1, 0.15) is 125 Å². The summed E-state index contributed by atoms with van der Waals surface area (Å²) >= 11 is 0. The average Bonchev–Trinajstić information content (AvgIpc) is 3.24. The van der Waals surface area contributed by atoms with Gasteiger partial charge < -0.3 is 34.9 Å². The molecule has 0 unspecified atom stereocenters. The maximum atomic E-state index is 14.8. The third-order valence-corrected chi connectivity index (χ3v) is 11.2. The zero-order valence-electron chi connectivity index (χ0n) is 38.1. The van der Waals surface area contributed by atoms with Gasteiger partial charge in [-0.1, -0.05) is 81.3 Å². The number of hydrogen-bond acceptors (Lipinski definition) is 9. The number of aliphatic carboxylic acids is 1. The molecule has 13 nitrogen and oxygen atoms in total. The molecule has 1 aliphatic rings. The third kappa shape index (κ3) is 15.6. The summed E-state index contributed by atoms with van der Waals surface area (Å²) in [5.74, 6) is -4.13. The molecule has 0 radical (unpaired) electrons. The normalized spacial score (nSPS) is 18.1. The van der Waals surface area contributed by atoms with Gasteiger partial charge in [0.1, 0.15) is 17.4 Å². The maximum Gasteiger partial charge on any atom is 0.407 e. The number of nitrogens with zero attached hydrogens (tertiary/aromatic N) is 1. The topological polar surface area (TPSA) is 178 Å². The van der Waals surface area contributed by atoms with Gasteiger partial charge in [-0.2, -0.15) is 0 Å². The van der Waals surface area contributed by atoms with Gasteiger partial charge in [-0.15, -0.1) is 0 Å². The number of fused-ring (bicyclic) bond motifs is 2. The van der Waals surface area contributed by atoms with Crippen molar-refractivity contribution < 1.29 is 48.1 Å². The Morgan fingerprint density at radius 3 is 2.27 bits per heavy atom. The number of carbonyl (C=O) groups excluding carboxylic acids is 5. The molecule has 2 bridgehead atoms. The summed E-state index contributed by atoms with van der Waals surface area (Å²) in [7, 11) is 3.10. The third-order valence-electron chi connectivity index (χ3n) is 11.2. The minimum Gasteiger partial charge on any atom is -0.496 e. The summed E-state index contributed by atoms with van der Waals surface area (Å²) in [5.41, 5.74) is 4.41. The van der Waals surface area contributed by atoms with E-state index >= 15 is 0 Å². The second kappa shape index (κ2) is 24.3. The number of rotatable bonds is 16. The number of carbonyl (C=O) groups is 6. The molecular formula is C50H67N3O10. The highest BCUT2D eigenvalue weighted by Gasteiger charge is 2.36. The van der Waals surface area contributed by atoms with Gasteiger partial charge in [0.25, 0.3) is 0 Å². The van der Waals surface area contributed by atoms with E-state index in [1.165, 1.54) is 17.4 Å². The van der Waals surface area contributed by atoms with E-state index in [1.54, 1.807) is 59.2 Å². The van der Waals surface area contributed by atoms with Crippen LogP contribution in [0, 0.1) is 11.8 Å². The van der Waals surface area contributed by atoms with E-state index in [-0.39, 0.29) is 31.8 Å². The number of ketones is 2. The van der Waals surface area contributed by atoms with E-state index in [9.17, 15) is 33.9 Å². The van der Waals surface area contributed by atoms with Crippen LogP contribution in [0.3, 0.4) is 0 Å². The van der Waals surface area contributed by atoms with Crippen LogP contribution < -0.4 is 15.4 Å². The Morgan fingerprint density at radius 2 is 1.63 bits per heavy atom. The summed E-state index contributed by atoms with van der Waals surface area (Å²) in [6.45, 7) is 9.39. The highest BCUT2D eigenvalue weighted by Crippen LogP contribution is 2.32. The molecule has 13 heteroatoms. The second-order valence-electron chi connectivity index (χ2n) is 17.6. The van der Waals surface area contributed by atoms with Gasteiger partial charge in [-0.25, -0.2) is 9.59 Å². The number of carboxylic acid groups (broad SMARTS) is 1. The van der Waals surface area contributed by atoms with E-state index in [0.29, 0.717) is 61.9 Å². The van der Waals surface area contributed by atoms with E-state index in [0.717, 1.165) is 36.0 Å². The molecule has 0 fully saturated rings. The minimum absolute atomic E-state index is 0.125. The first-order valence-electron chi connectivity index (χ1n) is 22.3. The quantitative estimate of drug-likeness (QED) is 0.0937. The number of carboxylic acids is 1. The Bertz CT molecular complexity index is 2010. The van der Waals surface area contributed by atoms with Crippen molar-refractivity contribution >= 4 is 35.4 Å². The fraction of sp³-hybridized carbons (Fsp3) is 0.520. The van der Waals surface area contributed by atoms with Crippen LogP contribution in [-0.4, -0.2) is 91.0 Å². The number of hydrogen-bond donors (Lipinski definition) is 3. The van der Waals surface area contributed by atoms with Crippen molar-refractivity contribution in [3.05, 3.63) is 89.0 Å². The van der Waals surface area contributed by atoms with Crippen molar-refractivity contribution in [2.45, 2.75) is 123 Å². The predicted octanol–water partition coefficient (Wildman–Crippen LogP) is 8.31. The molecule has 0 aromatic heterocycles. The number of ether oxygens (including phenoxy) is 3. The van der Waals surface area contributed by atoms with Gasteiger partial charge >= 0.3 is 12.1 Å². The van der Waals surface area contributed by atoms with Crippen LogP contribution in [0.2, 0.25) is 0 Å². The molecule has 3 amide bonds. The summed E-state index contributed by atoms with van der Waals surface area (Å²) in [6.07, 6.45) is 5.41.